The fourth-order valence-electron chi connectivity index (χ4n) is 2.43. The number of carbonyl (C=O) groups is 1. The normalized spacial score (nSPS) is 11.1. The fraction of sp³-hybridized carbons (Fsp3) is 0.278. The molecule has 0 N–H and O–H groups in total. The first-order valence-corrected chi connectivity index (χ1v) is 9.66. The largest absolute Gasteiger partial charge is 0.335 e. The molecular formula is C18H19N3OS2. The van der Waals surface area contributed by atoms with Gasteiger partial charge in [-0.15, -0.1) is 11.3 Å². The molecule has 24 heavy (non-hydrogen) atoms. The molecule has 0 unspecified atom stereocenters. The molecule has 3 rings (SSSR count). The highest BCUT2D eigenvalue weighted by molar-refractivity contribution is 8.00. The molecule has 2 aromatic heterocycles. The molecular weight excluding hydrogens is 338 g/mol. The van der Waals surface area contributed by atoms with E-state index in [4.69, 9.17) is 0 Å². The predicted octanol–water partition coefficient (Wildman–Crippen LogP) is 4.22. The minimum absolute atomic E-state index is 0.126. The van der Waals surface area contributed by atoms with Gasteiger partial charge < -0.3 is 4.90 Å². The van der Waals surface area contributed by atoms with Gasteiger partial charge >= 0.3 is 0 Å². The third-order valence-electron chi connectivity index (χ3n) is 3.70. The van der Waals surface area contributed by atoms with Crippen LogP contribution in [0.15, 0.2) is 53.1 Å². The number of thioether (sulfide) groups is 1. The van der Waals surface area contributed by atoms with Gasteiger partial charge in [0.15, 0.2) is 0 Å². The van der Waals surface area contributed by atoms with Gasteiger partial charge in [-0.05, 0) is 30.9 Å². The maximum atomic E-state index is 12.7. The summed E-state index contributed by atoms with van der Waals surface area (Å²) < 4.78 is 0. The molecule has 0 bridgehead atoms. The number of nitrogens with zero attached hydrogens (tertiary/aromatic N) is 3. The molecule has 0 spiro atoms. The number of carbonyl (C=O) groups excluding carboxylic acids is 1. The standard InChI is InChI=1S/C18H19N3OS2/c1-13(2)21(10-14-6-4-3-5-7-14)16(22)11-24-18-15-8-9-23-17(15)19-12-20-18/h3-9,12-13H,10-11H2,1-2H3. The number of rotatable bonds is 6. The van der Waals surface area contributed by atoms with Crippen LogP contribution in [0.2, 0.25) is 0 Å². The fourth-order valence-corrected chi connectivity index (χ4v) is 4.10. The minimum Gasteiger partial charge on any atom is -0.335 e. The van der Waals surface area contributed by atoms with Crippen molar-refractivity contribution in [1.29, 1.82) is 0 Å². The van der Waals surface area contributed by atoms with Crippen LogP contribution in [0.1, 0.15) is 19.4 Å². The van der Waals surface area contributed by atoms with Crippen LogP contribution in [0.25, 0.3) is 10.2 Å². The Morgan fingerprint density at radius 3 is 2.75 bits per heavy atom. The van der Waals surface area contributed by atoms with Gasteiger partial charge in [0.05, 0.1) is 5.75 Å². The first-order chi connectivity index (χ1) is 11.6. The van der Waals surface area contributed by atoms with Crippen LogP contribution in [0.5, 0.6) is 0 Å². The zero-order valence-corrected chi connectivity index (χ0v) is 15.3. The van der Waals surface area contributed by atoms with Crippen molar-refractivity contribution in [3.05, 3.63) is 53.7 Å². The Balaban J connectivity index is 1.68. The average Bonchev–Trinajstić information content (AvgIpc) is 3.07. The topological polar surface area (TPSA) is 46.1 Å². The molecule has 124 valence electrons. The van der Waals surface area contributed by atoms with Crippen molar-refractivity contribution in [2.45, 2.75) is 31.5 Å². The van der Waals surface area contributed by atoms with Crippen LogP contribution >= 0.6 is 23.1 Å². The van der Waals surface area contributed by atoms with Gasteiger partial charge in [-0.25, -0.2) is 9.97 Å². The Morgan fingerprint density at radius 1 is 1.21 bits per heavy atom. The Bertz CT molecular complexity index is 817. The molecule has 0 radical (unpaired) electrons. The van der Waals surface area contributed by atoms with Gasteiger partial charge in [-0.1, -0.05) is 42.1 Å². The lowest BCUT2D eigenvalue weighted by Crippen LogP contribution is -2.37. The molecule has 0 saturated heterocycles. The molecule has 0 aliphatic carbocycles. The Labute approximate surface area is 149 Å². The third-order valence-corrected chi connectivity index (χ3v) is 5.51. The quantitative estimate of drug-likeness (QED) is 0.489. The van der Waals surface area contributed by atoms with E-state index in [-0.39, 0.29) is 11.9 Å². The highest BCUT2D eigenvalue weighted by Crippen LogP contribution is 2.28. The van der Waals surface area contributed by atoms with Crippen LogP contribution in [0.3, 0.4) is 0 Å². The van der Waals surface area contributed by atoms with E-state index in [9.17, 15) is 4.79 Å². The molecule has 6 heteroatoms. The number of hydrogen-bond acceptors (Lipinski definition) is 5. The van der Waals surface area contributed by atoms with E-state index in [1.165, 1.54) is 11.8 Å². The maximum absolute atomic E-state index is 12.7. The number of hydrogen-bond donors (Lipinski definition) is 0. The molecule has 3 aromatic rings. The predicted molar refractivity (Wildman–Crippen MR) is 100 cm³/mol. The third kappa shape index (κ3) is 3.94. The molecule has 0 atom stereocenters. The van der Waals surface area contributed by atoms with Gasteiger partial charge in [0.2, 0.25) is 5.91 Å². The van der Waals surface area contributed by atoms with Crippen LogP contribution in [-0.4, -0.2) is 32.6 Å². The molecule has 0 saturated carbocycles. The van der Waals surface area contributed by atoms with Gasteiger partial charge in [0, 0.05) is 18.0 Å². The summed E-state index contributed by atoms with van der Waals surface area (Å²) in [5, 5.41) is 3.90. The summed E-state index contributed by atoms with van der Waals surface area (Å²) in [6.07, 6.45) is 1.57. The Hall–Kier alpha value is -1.92. The summed E-state index contributed by atoms with van der Waals surface area (Å²) in [5.41, 5.74) is 1.15. The summed E-state index contributed by atoms with van der Waals surface area (Å²) in [6, 6.07) is 12.3. The first kappa shape index (κ1) is 16.9. The lowest BCUT2D eigenvalue weighted by molar-refractivity contribution is -0.130. The summed E-state index contributed by atoms with van der Waals surface area (Å²) in [6.45, 7) is 4.73. The highest BCUT2D eigenvalue weighted by Gasteiger charge is 2.18. The van der Waals surface area contributed by atoms with Crippen molar-refractivity contribution in [3.8, 4) is 0 Å². The number of aromatic nitrogens is 2. The Kier molecular flexibility index (Phi) is 5.48. The van der Waals surface area contributed by atoms with Crippen LogP contribution in [-0.2, 0) is 11.3 Å². The minimum atomic E-state index is 0.126. The highest BCUT2D eigenvalue weighted by atomic mass is 32.2. The maximum Gasteiger partial charge on any atom is 0.233 e. The van der Waals surface area contributed by atoms with E-state index < -0.39 is 0 Å². The average molecular weight is 358 g/mol. The van der Waals surface area contributed by atoms with Crippen molar-refractivity contribution in [1.82, 2.24) is 14.9 Å². The number of amides is 1. The molecule has 0 aliphatic rings. The smallest absolute Gasteiger partial charge is 0.233 e. The van der Waals surface area contributed by atoms with Crippen LogP contribution in [0.4, 0.5) is 0 Å². The SMILES string of the molecule is CC(C)N(Cc1ccccc1)C(=O)CSc1ncnc2sccc12. The number of benzene rings is 1. The van der Waals surface area contributed by atoms with Gasteiger partial charge in [0.25, 0.3) is 0 Å². The zero-order chi connectivity index (χ0) is 16.9. The van der Waals surface area contributed by atoms with E-state index >= 15 is 0 Å². The summed E-state index contributed by atoms with van der Waals surface area (Å²) in [4.78, 5) is 24.1. The van der Waals surface area contributed by atoms with Crippen molar-refractivity contribution < 1.29 is 4.79 Å². The monoisotopic (exact) mass is 357 g/mol. The zero-order valence-electron chi connectivity index (χ0n) is 13.7. The van der Waals surface area contributed by atoms with Gasteiger partial charge in [0.1, 0.15) is 16.2 Å². The van der Waals surface area contributed by atoms with E-state index in [0.29, 0.717) is 12.3 Å². The van der Waals surface area contributed by atoms with Crippen molar-refractivity contribution >= 4 is 39.2 Å². The number of thiophene rings is 1. The van der Waals surface area contributed by atoms with E-state index in [2.05, 4.69) is 22.1 Å². The first-order valence-electron chi connectivity index (χ1n) is 7.79. The van der Waals surface area contributed by atoms with E-state index in [0.717, 1.165) is 20.8 Å². The summed E-state index contributed by atoms with van der Waals surface area (Å²) in [5.74, 6) is 0.508. The molecule has 2 heterocycles. The molecule has 1 amide bonds. The van der Waals surface area contributed by atoms with Crippen molar-refractivity contribution in [3.63, 3.8) is 0 Å². The van der Waals surface area contributed by atoms with E-state index in [1.807, 2.05) is 48.4 Å². The molecule has 0 aliphatic heterocycles. The van der Waals surface area contributed by atoms with Crippen LogP contribution in [0, 0.1) is 0 Å². The lowest BCUT2D eigenvalue weighted by atomic mass is 10.2. The second-order valence-electron chi connectivity index (χ2n) is 5.71. The second kappa shape index (κ2) is 7.77. The summed E-state index contributed by atoms with van der Waals surface area (Å²) >= 11 is 3.07. The van der Waals surface area contributed by atoms with Crippen molar-refractivity contribution in [2.24, 2.45) is 0 Å². The Morgan fingerprint density at radius 2 is 2.00 bits per heavy atom. The molecule has 0 fully saturated rings. The van der Waals surface area contributed by atoms with Crippen LogP contribution < -0.4 is 0 Å². The van der Waals surface area contributed by atoms with Gasteiger partial charge in [-0.3, -0.25) is 4.79 Å². The summed E-state index contributed by atoms with van der Waals surface area (Å²) in [7, 11) is 0. The van der Waals surface area contributed by atoms with Gasteiger partial charge in [-0.2, -0.15) is 0 Å². The van der Waals surface area contributed by atoms with E-state index in [1.54, 1.807) is 17.7 Å². The molecule has 1 aromatic carbocycles. The second-order valence-corrected chi connectivity index (χ2v) is 7.57. The lowest BCUT2D eigenvalue weighted by Gasteiger charge is -2.26. The van der Waals surface area contributed by atoms with Crippen molar-refractivity contribution in [2.75, 3.05) is 5.75 Å². The molecule has 4 nitrogen and oxygen atoms in total. The number of fused-ring (bicyclic) bond motifs is 1.